The van der Waals surface area contributed by atoms with E-state index in [1.54, 1.807) is 12.2 Å². The first kappa shape index (κ1) is 17.2. The summed E-state index contributed by atoms with van der Waals surface area (Å²) in [5.41, 5.74) is 1.98. The molecule has 0 radical (unpaired) electrons. The van der Waals surface area contributed by atoms with Gasteiger partial charge in [-0.15, -0.1) is 0 Å². The molecule has 0 saturated heterocycles. The smallest absolute Gasteiger partial charge is 0.333 e. The zero-order valence-corrected chi connectivity index (χ0v) is 13.2. The lowest BCUT2D eigenvalue weighted by Gasteiger charge is -2.30. The summed E-state index contributed by atoms with van der Waals surface area (Å²) in [5, 5.41) is 0. The molecule has 2 rings (SSSR count). The van der Waals surface area contributed by atoms with Crippen LogP contribution in [0.25, 0.3) is 6.08 Å². The van der Waals surface area contributed by atoms with Crippen molar-refractivity contribution < 1.29 is 19.1 Å². The fourth-order valence-corrected chi connectivity index (χ4v) is 2.10. The van der Waals surface area contributed by atoms with Gasteiger partial charge in [-0.05, 0) is 11.1 Å². The van der Waals surface area contributed by atoms with E-state index < -0.39 is 17.7 Å². The molecule has 0 aliphatic heterocycles. The van der Waals surface area contributed by atoms with Gasteiger partial charge < -0.3 is 9.47 Å². The highest BCUT2D eigenvalue weighted by Gasteiger charge is 2.35. The number of rotatable bonds is 6. The van der Waals surface area contributed by atoms with Gasteiger partial charge in [0.1, 0.15) is 0 Å². The SMILES string of the molecule is C=CC(=O)OC1(OC(=O)C=C)C=CC(C=Cc2ccccc2)=CC1. The molecule has 0 amide bonds. The highest BCUT2D eigenvalue weighted by atomic mass is 16.7. The van der Waals surface area contributed by atoms with Crippen LogP contribution in [-0.2, 0) is 19.1 Å². The largest absolute Gasteiger partial charge is 0.415 e. The molecular formula is C20H18O4. The molecule has 0 N–H and O–H groups in total. The van der Waals surface area contributed by atoms with E-state index in [1.165, 1.54) is 0 Å². The van der Waals surface area contributed by atoms with Crippen molar-refractivity contribution in [2.45, 2.75) is 12.2 Å². The number of hydrogen-bond donors (Lipinski definition) is 0. The van der Waals surface area contributed by atoms with E-state index in [9.17, 15) is 9.59 Å². The molecule has 1 aromatic carbocycles. The molecule has 122 valence electrons. The van der Waals surface area contributed by atoms with Crippen molar-refractivity contribution in [3.8, 4) is 0 Å². The average molecular weight is 322 g/mol. The summed E-state index contributed by atoms with van der Waals surface area (Å²) in [5.74, 6) is -2.82. The van der Waals surface area contributed by atoms with Gasteiger partial charge in [-0.25, -0.2) is 9.59 Å². The quantitative estimate of drug-likeness (QED) is 0.455. The standard InChI is InChI=1S/C20H18O4/c1-3-18(21)23-20(24-19(22)4-2)14-12-17(13-15-20)11-10-16-8-6-5-7-9-16/h3-14H,1-2,15H2. The van der Waals surface area contributed by atoms with Gasteiger partial charge in [-0.3, -0.25) is 0 Å². The maximum atomic E-state index is 11.5. The van der Waals surface area contributed by atoms with Crippen molar-refractivity contribution in [1.29, 1.82) is 0 Å². The van der Waals surface area contributed by atoms with E-state index >= 15 is 0 Å². The number of benzene rings is 1. The van der Waals surface area contributed by atoms with Gasteiger partial charge in [0, 0.05) is 24.6 Å². The van der Waals surface area contributed by atoms with Crippen molar-refractivity contribution in [2.24, 2.45) is 0 Å². The van der Waals surface area contributed by atoms with Crippen molar-refractivity contribution in [3.63, 3.8) is 0 Å². The fraction of sp³-hybridized carbons (Fsp3) is 0.100. The Kier molecular flexibility index (Phi) is 5.68. The molecule has 0 unspecified atom stereocenters. The van der Waals surface area contributed by atoms with Crippen LogP contribution >= 0.6 is 0 Å². The van der Waals surface area contributed by atoms with Crippen molar-refractivity contribution in [3.05, 3.63) is 91.1 Å². The van der Waals surface area contributed by atoms with Crippen LogP contribution in [0, 0.1) is 0 Å². The number of carbonyl (C=O) groups is 2. The molecule has 0 aromatic heterocycles. The molecule has 4 heteroatoms. The predicted octanol–water partition coefficient (Wildman–Crippen LogP) is 3.74. The monoisotopic (exact) mass is 322 g/mol. The average Bonchev–Trinajstić information content (AvgIpc) is 2.62. The van der Waals surface area contributed by atoms with Crippen LogP contribution in [0.2, 0.25) is 0 Å². The van der Waals surface area contributed by atoms with Crippen molar-refractivity contribution in [1.82, 2.24) is 0 Å². The van der Waals surface area contributed by atoms with Crippen LogP contribution in [0.15, 0.2) is 85.5 Å². The Morgan fingerprint density at radius 2 is 1.62 bits per heavy atom. The summed E-state index contributed by atoms with van der Waals surface area (Å²) in [6, 6.07) is 9.85. The molecule has 0 atom stereocenters. The molecule has 4 nitrogen and oxygen atoms in total. The minimum absolute atomic E-state index is 0.205. The molecule has 1 aromatic rings. The van der Waals surface area contributed by atoms with Crippen LogP contribution in [0.3, 0.4) is 0 Å². The lowest BCUT2D eigenvalue weighted by molar-refractivity contribution is -0.204. The van der Waals surface area contributed by atoms with Crippen LogP contribution < -0.4 is 0 Å². The Hall–Kier alpha value is -3.14. The molecular weight excluding hydrogens is 304 g/mol. The van der Waals surface area contributed by atoms with Gasteiger partial charge in [-0.2, -0.15) is 0 Å². The first-order chi connectivity index (χ1) is 11.6. The fourth-order valence-electron chi connectivity index (χ4n) is 2.10. The number of hydrogen-bond acceptors (Lipinski definition) is 4. The third kappa shape index (κ3) is 4.68. The van der Waals surface area contributed by atoms with Gasteiger partial charge >= 0.3 is 11.9 Å². The maximum absolute atomic E-state index is 11.5. The Morgan fingerprint density at radius 3 is 2.12 bits per heavy atom. The molecule has 0 heterocycles. The Morgan fingerprint density at radius 1 is 1.00 bits per heavy atom. The van der Waals surface area contributed by atoms with E-state index in [2.05, 4.69) is 13.2 Å². The van der Waals surface area contributed by atoms with Gasteiger partial charge in [0.05, 0.1) is 0 Å². The molecule has 0 fully saturated rings. The van der Waals surface area contributed by atoms with Crippen LogP contribution in [0.4, 0.5) is 0 Å². The second kappa shape index (κ2) is 7.92. The molecule has 1 aliphatic rings. The van der Waals surface area contributed by atoms with Gasteiger partial charge in [-0.1, -0.05) is 67.8 Å². The van der Waals surface area contributed by atoms with E-state index in [4.69, 9.17) is 9.47 Å². The summed E-state index contributed by atoms with van der Waals surface area (Å²) in [7, 11) is 0. The second-order valence-corrected chi connectivity index (χ2v) is 5.05. The van der Waals surface area contributed by atoms with Crippen LogP contribution in [0.1, 0.15) is 12.0 Å². The minimum Gasteiger partial charge on any atom is -0.415 e. The molecule has 24 heavy (non-hydrogen) atoms. The third-order valence-electron chi connectivity index (χ3n) is 3.30. The maximum Gasteiger partial charge on any atom is 0.333 e. The number of ether oxygens (including phenoxy) is 2. The van der Waals surface area contributed by atoms with Crippen molar-refractivity contribution in [2.75, 3.05) is 0 Å². The number of allylic oxidation sites excluding steroid dienone is 3. The van der Waals surface area contributed by atoms with E-state index in [0.717, 1.165) is 23.3 Å². The van der Waals surface area contributed by atoms with E-state index in [-0.39, 0.29) is 6.42 Å². The number of carbonyl (C=O) groups excluding carboxylic acids is 2. The number of esters is 2. The minimum atomic E-state index is -1.47. The van der Waals surface area contributed by atoms with Crippen LogP contribution in [-0.4, -0.2) is 17.7 Å². The van der Waals surface area contributed by atoms with E-state index in [1.807, 2.05) is 48.6 Å². The van der Waals surface area contributed by atoms with Gasteiger partial charge in [0.2, 0.25) is 0 Å². The molecule has 0 bridgehead atoms. The topological polar surface area (TPSA) is 52.6 Å². The zero-order valence-electron chi connectivity index (χ0n) is 13.2. The summed E-state index contributed by atoms with van der Waals surface area (Å²) < 4.78 is 10.4. The Balaban J connectivity index is 2.13. The lowest BCUT2D eigenvalue weighted by atomic mass is 10.0. The third-order valence-corrected chi connectivity index (χ3v) is 3.30. The summed E-state index contributed by atoms with van der Waals surface area (Å²) in [6.07, 6.45) is 11.2. The van der Waals surface area contributed by atoms with Crippen LogP contribution in [0.5, 0.6) is 0 Å². The van der Waals surface area contributed by atoms with Gasteiger partial charge in [0.15, 0.2) is 0 Å². The predicted molar refractivity (Wildman–Crippen MR) is 92.6 cm³/mol. The molecule has 1 aliphatic carbocycles. The first-order valence-electron chi connectivity index (χ1n) is 7.40. The van der Waals surface area contributed by atoms with E-state index in [0.29, 0.717) is 0 Å². The molecule has 0 saturated carbocycles. The highest BCUT2D eigenvalue weighted by Crippen LogP contribution is 2.28. The van der Waals surface area contributed by atoms with Crippen molar-refractivity contribution >= 4 is 18.0 Å². The Bertz CT molecular complexity index is 701. The Labute approximate surface area is 141 Å². The lowest BCUT2D eigenvalue weighted by Crippen LogP contribution is -2.38. The first-order valence-corrected chi connectivity index (χ1v) is 7.40. The molecule has 0 spiro atoms. The zero-order chi connectivity index (χ0) is 17.4. The van der Waals surface area contributed by atoms with Gasteiger partial charge in [0.25, 0.3) is 5.79 Å². The normalized spacial score (nSPS) is 15.4. The second-order valence-electron chi connectivity index (χ2n) is 5.05. The summed E-state index contributed by atoms with van der Waals surface area (Å²) in [6.45, 7) is 6.70. The highest BCUT2D eigenvalue weighted by molar-refractivity contribution is 5.84. The summed E-state index contributed by atoms with van der Waals surface area (Å²) >= 11 is 0. The summed E-state index contributed by atoms with van der Waals surface area (Å²) in [4.78, 5) is 23.0.